The Hall–Kier alpha value is -1.69. The molecule has 15 heavy (non-hydrogen) atoms. The van der Waals surface area contributed by atoms with Crippen molar-refractivity contribution in [2.75, 3.05) is 7.11 Å². The number of carboxylic acid groups (broad SMARTS) is 1. The second-order valence-corrected chi connectivity index (χ2v) is 2.72. The molecule has 4 nitrogen and oxygen atoms in total. The van der Waals surface area contributed by atoms with Gasteiger partial charge in [-0.2, -0.15) is 4.39 Å². The highest BCUT2D eigenvalue weighted by atomic mass is 19.2. The van der Waals surface area contributed by atoms with E-state index in [9.17, 15) is 13.6 Å². The molecule has 0 spiro atoms. The molecule has 0 aliphatic heterocycles. The molecule has 0 aromatic heterocycles. The number of methoxy groups -OCH3 is 1. The third-order valence-corrected chi connectivity index (χ3v) is 1.81. The molecule has 0 amide bonds. The van der Waals surface area contributed by atoms with Crippen LogP contribution in [0.15, 0.2) is 12.1 Å². The van der Waals surface area contributed by atoms with Crippen LogP contribution in [0.25, 0.3) is 0 Å². The first kappa shape index (κ1) is 11.4. The van der Waals surface area contributed by atoms with Crippen molar-refractivity contribution in [3.05, 3.63) is 29.3 Å². The van der Waals surface area contributed by atoms with Crippen LogP contribution in [-0.4, -0.2) is 23.3 Å². The van der Waals surface area contributed by atoms with Crippen LogP contribution in [0.3, 0.4) is 0 Å². The quantitative estimate of drug-likeness (QED) is 0.796. The van der Waals surface area contributed by atoms with Gasteiger partial charge < -0.3 is 14.9 Å². The van der Waals surface area contributed by atoms with Crippen molar-refractivity contribution in [3.63, 3.8) is 0 Å². The van der Waals surface area contributed by atoms with Gasteiger partial charge in [-0.3, -0.25) is 0 Å². The molecule has 0 bridgehead atoms. The number of hydrogen-bond acceptors (Lipinski definition) is 3. The van der Waals surface area contributed by atoms with Crippen molar-refractivity contribution in [2.45, 2.75) is 6.10 Å². The molecule has 6 heteroatoms. The van der Waals surface area contributed by atoms with Gasteiger partial charge in [-0.1, -0.05) is 0 Å². The Morgan fingerprint density at radius 1 is 1.47 bits per heavy atom. The van der Waals surface area contributed by atoms with Gasteiger partial charge in [-0.05, 0) is 12.1 Å². The Bertz CT molecular complexity index is 392. The van der Waals surface area contributed by atoms with Gasteiger partial charge in [0.25, 0.3) is 0 Å². The molecular formula is C9H8F2O4. The number of halogens is 2. The molecule has 82 valence electrons. The summed E-state index contributed by atoms with van der Waals surface area (Å²) in [6, 6.07) is 1.68. The Kier molecular flexibility index (Phi) is 3.21. The highest BCUT2D eigenvalue weighted by Crippen LogP contribution is 2.29. The second kappa shape index (κ2) is 4.22. The Balaban J connectivity index is 3.30. The maximum absolute atomic E-state index is 13.1. The van der Waals surface area contributed by atoms with Gasteiger partial charge in [0.15, 0.2) is 17.7 Å². The molecule has 1 aromatic rings. The largest absolute Gasteiger partial charge is 0.493 e. The molecule has 0 aliphatic rings. The minimum atomic E-state index is -1.95. The van der Waals surface area contributed by atoms with E-state index < -0.39 is 29.5 Å². The molecule has 0 saturated carbocycles. The first-order valence-electron chi connectivity index (χ1n) is 3.91. The van der Waals surface area contributed by atoms with Crippen LogP contribution in [0.5, 0.6) is 5.75 Å². The normalized spacial score (nSPS) is 12.3. The molecule has 1 atom stereocenters. The summed E-state index contributed by atoms with van der Waals surface area (Å²) in [5.74, 6) is -4.67. The lowest BCUT2D eigenvalue weighted by molar-refractivity contribution is -0.147. The number of aliphatic hydroxyl groups excluding tert-OH is 1. The summed E-state index contributed by atoms with van der Waals surface area (Å²) in [7, 11) is 1.05. The Morgan fingerprint density at radius 3 is 2.53 bits per heavy atom. The predicted molar refractivity (Wildman–Crippen MR) is 45.5 cm³/mol. The number of hydrogen-bond donors (Lipinski definition) is 2. The summed E-state index contributed by atoms with van der Waals surface area (Å²) in [4.78, 5) is 10.4. The minimum Gasteiger partial charge on any atom is -0.493 e. The van der Waals surface area contributed by atoms with E-state index in [2.05, 4.69) is 4.74 Å². The van der Waals surface area contributed by atoms with Gasteiger partial charge in [-0.15, -0.1) is 0 Å². The van der Waals surface area contributed by atoms with Gasteiger partial charge in [0.1, 0.15) is 0 Å². The first-order chi connectivity index (χ1) is 6.99. The first-order valence-corrected chi connectivity index (χ1v) is 3.91. The summed E-state index contributed by atoms with van der Waals surface area (Å²) in [6.07, 6.45) is -1.95. The zero-order valence-corrected chi connectivity index (χ0v) is 7.70. The fourth-order valence-electron chi connectivity index (χ4n) is 1.10. The number of benzene rings is 1. The topological polar surface area (TPSA) is 66.8 Å². The van der Waals surface area contributed by atoms with Crippen molar-refractivity contribution < 1.29 is 28.5 Å². The zero-order chi connectivity index (χ0) is 11.6. The van der Waals surface area contributed by atoms with Gasteiger partial charge in [0, 0.05) is 5.56 Å². The average molecular weight is 218 g/mol. The third-order valence-electron chi connectivity index (χ3n) is 1.81. The molecule has 2 N–H and O–H groups in total. The third kappa shape index (κ3) is 2.04. The molecule has 0 heterocycles. The number of rotatable bonds is 3. The van der Waals surface area contributed by atoms with Crippen LogP contribution in [0.4, 0.5) is 8.78 Å². The summed E-state index contributed by atoms with van der Waals surface area (Å²) < 4.78 is 30.3. The standard InChI is InChI=1S/C9H8F2O4/c1-15-8-4(7(12)9(13)14)2-3-5(10)6(8)11/h2-3,7,12H,1H3,(H,13,14). The van der Waals surface area contributed by atoms with E-state index in [1.165, 1.54) is 0 Å². The van der Waals surface area contributed by atoms with Gasteiger partial charge in [0.05, 0.1) is 7.11 Å². The zero-order valence-electron chi connectivity index (χ0n) is 7.70. The van der Waals surface area contributed by atoms with Gasteiger partial charge in [-0.25, -0.2) is 9.18 Å². The maximum atomic E-state index is 13.1. The molecule has 0 radical (unpaired) electrons. The summed E-state index contributed by atoms with van der Waals surface area (Å²) >= 11 is 0. The van der Waals surface area contributed by atoms with Crippen LogP contribution >= 0.6 is 0 Å². The molecule has 1 rings (SSSR count). The fraction of sp³-hybridized carbons (Fsp3) is 0.222. The number of carboxylic acids is 1. The second-order valence-electron chi connectivity index (χ2n) is 2.72. The smallest absolute Gasteiger partial charge is 0.337 e. The van der Waals surface area contributed by atoms with Gasteiger partial charge >= 0.3 is 5.97 Å². The van der Waals surface area contributed by atoms with Crippen molar-refractivity contribution in [1.29, 1.82) is 0 Å². The lowest BCUT2D eigenvalue weighted by atomic mass is 10.1. The maximum Gasteiger partial charge on any atom is 0.337 e. The number of aliphatic carboxylic acids is 1. The van der Waals surface area contributed by atoms with Crippen molar-refractivity contribution in [3.8, 4) is 5.75 Å². The summed E-state index contributed by atoms with van der Waals surface area (Å²) in [5.41, 5.74) is -0.330. The highest BCUT2D eigenvalue weighted by Gasteiger charge is 2.24. The van der Waals surface area contributed by atoms with E-state index in [4.69, 9.17) is 10.2 Å². The molecule has 0 aliphatic carbocycles. The lowest BCUT2D eigenvalue weighted by Gasteiger charge is -2.11. The van der Waals surface area contributed by atoms with E-state index in [1.54, 1.807) is 0 Å². The lowest BCUT2D eigenvalue weighted by Crippen LogP contribution is -2.12. The van der Waals surface area contributed by atoms with E-state index in [0.717, 1.165) is 19.2 Å². The summed E-state index contributed by atoms with van der Waals surface area (Å²) in [6.45, 7) is 0. The molecule has 1 unspecified atom stereocenters. The predicted octanol–water partition coefficient (Wildman–Crippen LogP) is 1.09. The van der Waals surface area contributed by atoms with Crippen molar-refractivity contribution in [1.82, 2.24) is 0 Å². The Morgan fingerprint density at radius 2 is 2.07 bits per heavy atom. The molecule has 0 fully saturated rings. The SMILES string of the molecule is COc1c(C(O)C(=O)O)ccc(F)c1F. The van der Waals surface area contributed by atoms with Crippen LogP contribution < -0.4 is 4.74 Å². The van der Waals surface area contributed by atoms with E-state index in [0.29, 0.717) is 0 Å². The van der Waals surface area contributed by atoms with E-state index in [-0.39, 0.29) is 5.56 Å². The molecule has 1 aromatic carbocycles. The molecular weight excluding hydrogens is 210 g/mol. The average Bonchev–Trinajstić information content (AvgIpc) is 2.20. The van der Waals surface area contributed by atoms with E-state index >= 15 is 0 Å². The monoisotopic (exact) mass is 218 g/mol. The number of aliphatic hydroxyl groups is 1. The van der Waals surface area contributed by atoms with Crippen LogP contribution in [0.2, 0.25) is 0 Å². The number of ether oxygens (including phenoxy) is 1. The summed E-state index contributed by atoms with van der Waals surface area (Å²) in [5, 5.41) is 17.7. The van der Waals surface area contributed by atoms with Crippen molar-refractivity contribution in [2.24, 2.45) is 0 Å². The Labute approximate surface area is 83.7 Å². The minimum absolute atomic E-state index is 0.330. The van der Waals surface area contributed by atoms with Crippen LogP contribution in [-0.2, 0) is 4.79 Å². The van der Waals surface area contributed by atoms with E-state index in [1.807, 2.05) is 0 Å². The number of carbonyl (C=O) groups is 1. The van der Waals surface area contributed by atoms with Gasteiger partial charge in [0.2, 0.25) is 5.82 Å². The molecule has 0 saturated heterocycles. The van der Waals surface area contributed by atoms with Crippen LogP contribution in [0.1, 0.15) is 11.7 Å². The van der Waals surface area contributed by atoms with Crippen molar-refractivity contribution >= 4 is 5.97 Å². The highest BCUT2D eigenvalue weighted by molar-refractivity contribution is 5.75. The van der Waals surface area contributed by atoms with Crippen LogP contribution in [0, 0.1) is 11.6 Å². The fourth-order valence-corrected chi connectivity index (χ4v) is 1.10.